The largest absolute Gasteiger partial charge is 0.364 e. The number of halogens is 1. The lowest BCUT2D eigenvalue weighted by Crippen LogP contribution is -2.27. The molecule has 3 rings (SSSR count). The van der Waals surface area contributed by atoms with Crippen LogP contribution in [0.3, 0.4) is 0 Å². The average molecular weight is 307 g/mol. The van der Waals surface area contributed by atoms with Gasteiger partial charge in [0.25, 0.3) is 0 Å². The van der Waals surface area contributed by atoms with Crippen LogP contribution < -0.4 is 5.32 Å². The first-order valence-corrected chi connectivity index (χ1v) is 7.56. The van der Waals surface area contributed by atoms with Crippen LogP contribution in [-0.4, -0.2) is 20.1 Å². The number of aromatic nitrogens is 3. The zero-order chi connectivity index (χ0) is 14.3. The van der Waals surface area contributed by atoms with E-state index >= 15 is 0 Å². The van der Waals surface area contributed by atoms with Crippen LogP contribution in [0, 0.1) is 0 Å². The van der Waals surface area contributed by atoms with Crippen LogP contribution in [0.4, 0.5) is 5.82 Å². The molecule has 0 fully saturated rings. The van der Waals surface area contributed by atoms with Crippen molar-refractivity contribution in [3.8, 4) is 11.3 Å². The summed E-state index contributed by atoms with van der Waals surface area (Å²) in [6, 6.07) is 7.70. The molecular formula is C14H15ClN4S. The summed E-state index contributed by atoms with van der Waals surface area (Å²) in [5, 5.41) is 8.55. The molecule has 104 valence electrons. The Bertz CT molecular complexity index is 737. The molecule has 0 spiro atoms. The number of hydrogen-bond donors (Lipinski definition) is 1. The number of benzene rings is 1. The molecule has 0 saturated heterocycles. The topological polar surface area (TPSA) is 42.2 Å². The minimum absolute atomic E-state index is 0.0687. The molecular weight excluding hydrogens is 292 g/mol. The fraction of sp³-hybridized carbons (Fsp3) is 0.286. The highest BCUT2D eigenvalue weighted by Crippen LogP contribution is 2.32. The second-order valence-corrected chi connectivity index (χ2v) is 6.87. The van der Waals surface area contributed by atoms with Crippen LogP contribution in [0.2, 0.25) is 5.02 Å². The molecule has 0 aliphatic carbocycles. The highest BCUT2D eigenvalue weighted by atomic mass is 35.5. The van der Waals surface area contributed by atoms with Crippen molar-refractivity contribution in [3.05, 3.63) is 34.8 Å². The molecule has 0 bridgehead atoms. The minimum Gasteiger partial charge on any atom is -0.364 e. The fourth-order valence-corrected chi connectivity index (χ4v) is 2.71. The van der Waals surface area contributed by atoms with Gasteiger partial charge in [0.2, 0.25) is 4.96 Å². The zero-order valence-electron chi connectivity index (χ0n) is 11.5. The first kappa shape index (κ1) is 13.4. The van der Waals surface area contributed by atoms with Crippen LogP contribution in [-0.2, 0) is 0 Å². The van der Waals surface area contributed by atoms with Crippen LogP contribution in [0.15, 0.2) is 29.8 Å². The van der Waals surface area contributed by atoms with Crippen molar-refractivity contribution in [1.82, 2.24) is 14.6 Å². The summed E-state index contributed by atoms with van der Waals surface area (Å²) in [7, 11) is 0. The number of rotatable bonds is 2. The summed E-state index contributed by atoms with van der Waals surface area (Å²) in [6.07, 6.45) is 0. The summed E-state index contributed by atoms with van der Waals surface area (Å²) in [5.41, 5.74) is 3.65. The minimum atomic E-state index is -0.0687. The van der Waals surface area contributed by atoms with E-state index in [0.29, 0.717) is 0 Å². The van der Waals surface area contributed by atoms with Gasteiger partial charge in [0.1, 0.15) is 11.2 Å². The van der Waals surface area contributed by atoms with Crippen molar-refractivity contribution in [1.29, 1.82) is 0 Å². The summed E-state index contributed by atoms with van der Waals surface area (Å²) in [6.45, 7) is 6.35. The van der Waals surface area contributed by atoms with E-state index in [1.165, 1.54) is 11.3 Å². The van der Waals surface area contributed by atoms with E-state index in [9.17, 15) is 0 Å². The molecule has 1 aromatic carbocycles. The molecule has 1 N–H and O–H groups in total. The quantitative estimate of drug-likeness (QED) is 0.766. The predicted octanol–water partition coefficient (Wildman–Crippen LogP) is 4.32. The maximum Gasteiger partial charge on any atom is 0.214 e. The monoisotopic (exact) mass is 306 g/mol. The normalized spacial score (nSPS) is 12.0. The predicted molar refractivity (Wildman–Crippen MR) is 84.7 cm³/mol. The third-order valence-electron chi connectivity index (χ3n) is 2.76. The molecule has 2 aromatic heterocycles. The lowest BCUT2D eigenvalue weighted by Gasteiger charge is -2.21. The first-order valence-electron chi connectivity index (χ1n) is 6.30. The van der Waals surface area contributed by atoms with Crippen molar-refractivity contribution in [2.45, 2.75) is 26.3 Å². The van der Waals surface area contributed by atoms with Gasteiger partial charge in [-0.2, -0.15) is 9.61 Å². The standard InChI is InChI=1S/C14H15ClN4S/c1-14(2,3)18-12-11(9-4-6-10(15)7-5-9)17-13-19(12)16-8-20-13/h4-8,18H,1-3H3. The Hall–Kier alpha value is -1.59. The van der Waals surface area contributed by atoms with E-state index in [2.05, 4.69) is 36.2 Å². The number of anilines is 1. The Morgan fingerprint density at radius 1 is 1.20 bits per heavy atom. The molecule has 0 radical (unpaired) electrons. The van der Waals surface area contributed by atoms with E-state index in [1.54, 1.807) is 5.51 Å². The van der Waals surface area contributed by atoms with Gasteiger partial charge in [-0.3, -0.25) is 0 Å². The Morgan fingerprint density at radius 2 is 1.90 bits per heavy atom. The van der Waals surface area contributed by atoms with Crippen molar-refractivity contribution in [2.75, 3.05) is 5.32 Å². The highest BCUT2D eigenvalue weighted by molar-refractivity contribution is 7.14. The van der Waals surface area contributed by atoms with Gasteiger partial charge in [0.05, 0.1) is 0 Å². The number of hydrogen-bond acceptors (Lipinski definition) is 4. The van der Waals surface area contributed by atoms with Gasteiger partial charge in [-0.1, -0.05) is 35.1 Å². The molecule has 0 unspecified atom stereocenters. The van der Waals surface area contributed by atoms with Gasteiger partial charge in [0.15, 0.2) is 5.82 Å². The van der Waals surface area contributed by atoms with E-state index in [0.717, 1.165) is 27.1 Å². The summed E-state index contributed by atoms with van der Waals surface area (Å²) >= 11 is 7.47. The number of fused-ring (bicyclic) bond motifs is 1. The number of imidazole rings is 1. The van der Waals surface area contributed by atoms with Crippen LogP contribution in [0.5, 0.6) is 0 Å². The molecule has 2 heterocycles. The van der Waals surface area contributed by atoms with Crippen molar-refractivity contribution in [2.24, 2.45) is 0 Å². The second kappa shape index (κ2) is 4.75. The molecule has 6 heteroatoms. The van der Waals surface area contributed by atoms with E-state index in [1.807, 2.05) is 28.8 Å². The Kier molecular flexibility index (Phi) is 3.18. The molecule has 0 aliphatic heterocycles. The Labute approximate surface area is 126 Å². The molecule has 4 nitrogen and oxygen atoms in total. The summed E-state index contributed by atoms with van der Waals surface area (Å²) < 4.78 is 1.85. The number of nitrogens with zero attached hydrogens (tertiary/aromatic N) is 3. The Balaban J connectivity index is 2.16. The lowest BCUT2D eigenvalue weighted by atomic mass is 10.1. The smallest absolute Gasteiger partial charge is 0.214 e. The van der Waals surface area contributed by atoms with Gasteiger partial charge < -0.3 is 5.32 Å². The first-order chi connectivity index (χ1) is 9.44. The van der Waals surface area contributed by atoms with E-state index < -0.39 is 0 Å². The second-order valence-electron chi connectivity index (χ2n) is 5.62. The average Bonchev–Trinajstić information content (AvgIpc) is 2.92. The van der Waals surface area contributed by atoms with Gasteiger partial charge in [-0.25, -0.2) is 4.98 Å². The molecule has 0 aliphatic rings. The molecule has 20 heavy (non-hydrogen) atoms. The SMILES string of the molecule is CC(C)(C)Nc1c(-c2ccc(Cl)cc2)nc2scnn12. The van der Waals surface area contributed by atoms with Crippen LogP contribution >= 0.6 is 22.9 Å². The van der Waals surface area contributed by atoms with Gasteiger partial charge in [-0.05, 0) is 32.9 Å². The summed E-state index contributed by atoms with van der Waals surface area (Å²) in [4.78, 5) is 5.55. The van der Waals surface area contributed by atoms with Crippen LogP contribution in [0.1, 0.15) is 20.8 Å². The van der Waals surface area contributed by atoms with Crippen molar-refractivity contribution in [3.63, 3.8) is 0 Å². The highest BCUT2D eigenvalue weighted by Gasteiger charge is 2.20. The van der Waals surface area contributed by atoms with Gasteiger partial charge in [-0.15, -0.1) is 0 Å². The molecule has 0 atom stereocenters. The maximum atomic E-state index is 5.95. The maximum absolute atomic E-state index is 5.95. The fourth-order valence-electron chi connectivity index (χ4n) is 1.97. The number of nitrogens with one attached hydrogen (secondary N) is 1. The zero-order valence-corrected chi connectivity index (χ0v) is 13.1. The van der Waals surface area contributed by atoms with Gasteiger partial charge in [0, 0.05) is 16.1 Å². The van der Waals surface area contributed by atoms with Crippen LogP contribution in [0.25, 0.3) is 16.2 Å². The molecule has 3 aromatic rings. The molecule has 0 amide bonds. The third-order valence-corrected chi connectivity index (χ3v) is 3.68. The van der Waals surface area contributed by atoms with E-state index in [-0.39, 0.29) is 5.54 Å². The van der Waals surface area contributed by atoms with Crippen molar-refractivity contribution < 1.29 is 0 Å². The summed E-state index contributed by atoms with van der Waals surface area (Å²) in [5.74, 6) is 0.913. The third kappa shape index (κ3) is 2.51. The van der Waals surface area contributed by atoms with Gasteiger partial charge >= 0.3 is 0 Å². The lowest BCUT2D eigenvalue weighted by molar-refractivity contribution is 0.627. The van der Waals surface area contributed by atoms with E-state index in [4.69, 9.17) is 11.6 Å². The Morgan fingerprint density at radius 3 is 2.55 bits per heavy atom. The molecule has 0 saturated carbocycles. The van der Waals surface area contributed by atoms with Crippen molar-refractivity contribution >= 4 is 33.7 Å².